The van der Waals surface area contributed by atoms with Gasteiger partial charge < -0.3 is 20.1 Å². The summed E-state index contributed by atoms with van der Waals surface area (Å²) in [5, 5.41) is 6.44. The maximum atomic E-state index is 5.41. The molecule has 6 heteroatoms. The van der Waals surface area contributed by atoms with Crippen LogP contribution >= 0.6 is 0 Å². The summed E-state index contributed by atoms with van der Waals surface area (Å²) < 4.78 is 10.3. The Hall–Kier alpha value is -1.40. The van der Waals surface area contributed by atoms with Crippen molar-refractivity contribution < 1.29 is 9.47 Å². The number of aryl methyl sites for hydroxylation is 1. The van der Waals surface area contributed by atoms with Gasteiger partial charge in [0.15, 0.2) is 0 Å². The zero-order valence-corrected chi connectivity index (χ0v) is 12.7. The van der Waals surface area contributed by atoms with Gasteiger partial charge >= 0.3 is 0 Å². The van der Waals surface area contributed by atoms with Gasteiger partial charge in [0, 0.05) is 38.6 Å². The van der Waals surface area contributed by atoms with Gasteiger partial charge in [-0.1, -0.05) is 0 Å². The van der Waals surface area contributed by atoms with Crippen molar-refractivity contribution in [2.24, 2.45) is 0 Å². The van der Waals surface area contributed by atoms with E-state index in [1.165, 1.54) is 0 Å². The zero-order chi connectivity index (χ0) is 14.6. The molecule has 1 aromatic rings. The van der Waals surface area contributed by atoms with Crippen LogP contribution in [0.4, 0.5) is 11.8 Å². The number of nitrogens with zero attached hydrogens (tertiary/aromatic N) is 2. The summed E-state index contributed by atoms with van der Waals surface area (Å²) >= 11 is 0. The van der Waals surface area contributed by atoms with Crippen molar-refractivity contribution in [3.05, 3.63) is 11.8 Å². The van der Waals surface area contributed by atoms with Crippen LogP contribution in [0, 0.1) is 6.92 Å². The standard InChI is InChI=1S/C14H26N4O2/c1-4-15-14-17-12(2)11-13(18-14)16-7-5-6-8-20-10-9-19-3/h11H,4-10H2,1-3H3,(H2,15,16,17,18). The first-order valence-electron chi connectivity index (χ1n) is 7.16. The number of anilines is 2. The quantitative estimate of drug-likeness (QED) is 0.606. The van der Waals surface area contributed by atoms with Crippen LogP contribution in [0.5, 0.6) is 0 Å². The fourth-order valence-electron chi connectivity index (χ4n) is 1.69. The number of unbranched alkanes of at least 4 members (excludes halogenated alkanes) is 1. The molecule has 0 aliphatic carbocycles. The highest BCUT2D eigenvalue weighted by Gasteiger charge is 2.00. The van der Waals surface area contributed by atoms with Gasteiger partial charge in [-0.05, 0) is 26.7 Å². The number of ether oxygens (including phenoxy) is 2. The minimum atomic E-state index is 0.658. The summed E-state index contributed by atoms with van der Waals surface area (Å²) in [6.07, 6.45) is 2.08. The van der Waals surface area contributed by atoms with Gasteiger partial charge in [-0.2, -0.15) is 4.98 Å². The fraction of sp³-hybridized carbons (Fsp3) is 0.714. The summed E-state index contributed by atoms with van der Waals surface area (Å²) in [5.41, 5.74) is 0.960. The van der Waals surface area contributed by atoms with E-state index in [2.05, 4.69) is 20.6 Å². The van der Waals surface area contributed by atoms with Crippen molar-refractivity contribution >= 4 is 11.8 Å². The molecule has 0 aromatic carbocycles. The van der Waals surface area contributed by atoms with E-state index < -0.39 is 0 Å². The molecule has 0 atom stereocenters. The molecule has 0 fully saturated rings. The summed E-state index contributed by atoms with van der Waals surface area (Å²) in [4.78, 5) is 8.72. The van der Waals surface area contributed by atoms with Gasteiger partial charge in [-0.3, -0.25) is 0 Å². The van der Waals surface area contributed by atoms with Crippen LogP contribution in [0.15, 0.2) is 6.07 Å². The van der Waals surface area contributed by atoms with Crippen LogP contribution in [0.2, 0.25) is 0 Å². The highest BCUT2D eigenvalue weighted by Crippen LogP contribution is 2.09. The van der Waals surface area contributed by atoms with E-state index in [0.29, 0.717) is 19.2 Å². The van der Waals surface area contributed by atoms with Crippen LogP contribution in [-0.2, 0) is 9.47 Å². The zero-order valence-electron chi connectivity index (χ0n) is 12.7. The van der Waals surface area contributed by atoms with Crippen LogP contribution in [0.1, 0.15) is 25.5 Å². The third-order valence-electron chi connectivity index (χ3n) is 2.64. The average Bonchev–Trinajstić information content (AvgIpc) is 2.41. The number of hydrogen-bond donors (Lipinski definition) is 2. The first-order chi connectivity index (χ1) is 9.76. The molecule has 0 amide bonds. The van der Waals surface area contributed by atoms with Gasteiger partial charge in [0.05, 0.1) is 13.2 Å². The Morgan fingerprint density at radius 2 is 1.95 bits per heavy atom. The van der Waals surface area contributed by atoms with Crippen molar-refractivity contribution in [2.45, 2.75) is 26.7 Å². The lowest BCUT2D eigenvalue weighted by molar-refractivity contribution is 0.0691. The van der Waals surface area contributed by atoms with Crippen LogP contribution in [-0.4, -0.2) is 50.0 Å². The molecule has 0 unspecified atom stereocenters. The molecule has 0 spiro atoms. The topological polar surface area (TPSA) is 68.3 Å². The number of rotatable bonds is 11. The predicted molar refractivity (Wildman–Crippen MR) is 81.4 cm³/mol. The van der Waals surface area contributed by atoms with E-state index in [0.717, 1.165) is 44.0 Å². The molecule has 20 heavy (non-hydrogen) atoms. The average molecular weight is 282 g/mol. The summed E-state index contributed by atoms with van der Waals surface area (Å²) in [5.74, 6) is 1.55. The van der Waals surface area contributed by atoms with Gasteiger partial charge in [-0.15, -0.1) is 0 Å². The Bertz CT molecular complexity index is 374. The van der Waals surface area contributed by atoms with E-state index >= 15 is 0 Å². The lowest BCUT2D eigenvalue weighted by atomic mass is 10.3. The van der Waals surface area contributed by atoms with Gasteiger partial charge in [0.2, 0.25) is 5.95 Å². The highest BCUT2D eigenvalue weighted by molar-refractivity contribution is 5.41. The Morgan fingerprint density at radius 3 is 2.70 bits per heavy atom. The monoisotopic (exact) mass is 282 g/mol. The van der Waals surface area contributed by atoms with E-state index in [1.54, 1.807) is 7.11 Å². The van der Waals surface area contributed by atoms with Crippen molar-refractivity contribution in [2.75, 3.05) is 50.7 Å². The number of hydrogen-bond acceptors (Lipinski definition) is 6. The molecule has 0 aliphatic heterocycles. The second-order valence-corrected chi connectivity index (χ2v) is 4.49. The van der Waals surface area contributed by atoms with Crippen LogP contribution in [0.25, 0.3) is 0 Å². The van der Waals surface area contributed by atoms with E-state index in [-0.39, 0.29) is 0 Å². The maximum Gasteiger partial charge on any atom is 0.224 e. The molecule has 0 bridgehead atoms. The molecule has 1 rings (SSSR count). The smallest absolute Gasteiger partial charge is 0.224 e. The normalized spacial score (nSPS) is 10.6. The Balaban J connectivity index is 2.18. The van der Waals surface area contributed by atoms with E-state index in [1.807, 2.05) is 19.9 Å². The fourth-order valence-corrected chi connectivity index (χ4v) is 1.69. The Morgan fingerprint density at radius 1 is 1.10 bits per heavy atom. The molecule has 0 saturated heterocycles. The maximum absolute atomic E-state index is 5.41. The molecule has 2 N–H and O–H groups in total. The Kier molecular flexibility index (Phi) is 8.66. The SMILES string of the molecule is CCNc1nc(C)cc(NCCCCOCCOC)n1. The second kappa shape index (κ2) is 10.4. The molecule has 6 nitrogen and oxygen atoms in total. The first kappa shape index (κ1) is 16.7. The highest BCUT2D eigenvalue weighted by atomic mass is 16.5. The van der Waals surface area contributed by atoms with Crippen LogP contribution < -0.4 is 10.6 Å². The van der Waals surface area contributed by atoms with Gasteiger partial charge in [0.1, 0.15) is 5.82 Å². The molecule has 1 aromatic heterocycles. The first-order valence-corrected chi connectivity index (χ1v) is 7.16. The van der Waals surface area contributed by atoms with E-state index in [4.69, 9.17) is 9.47 Å². The number of aromatic nitrogens is 2. The molecule has 114 valence electrons. The molecule has 0 saturated carbocycles. The van der Waals surface area contributed by atoms with Gasteiger partial charge in [-0.25, -0.2) is 4.98 Å². The molecule has 1 heterocycles. The minimum absolute atomic E-state index is 0.658. The number of methoxy groups -OCH3 is 1. The third kappa shape index (κ3) is 7.25. The van der Waals surface area contributed by atoms with Gasteiger partial charge in [0.25, 0.3) is 0 Å². The van der Waals surface area contributed by atoms with Crippen molar-refractivity contribution in [1.82, 2.24) is 9.97 Å². The molecule has 0 radical (unpaired) electrons. The largest absolute Gasteiger partial charge is 0.382 e. The summed E-state index contributed by atoms with van der Waals surface area (Å²) in [7, 11) is 1.68. The minimum Gasteiger partial charge on any atom is -0.382 e. The number of nitrogens with one attached hydrogen (secondary N) is 2. The Labute approximate surface area is 121 Å². The molecular weight excluding hydrogens is 256 g/mol. The molecular formula is C14H26N4O2. The van der Waals surface area contributed by atoms with Crippen LogP contribution in [0.3, 0.4) is 0 Å². The van der Waals surface area contributed by atoms with Crippen molar-refractivity contribution in [1.29, 1.82) is 0 Å². The van der Waals surface area contributed by atoms with E-state index in [9.17, 15) is 0 Å². The second-order valence-electron chi connectivity index (χ2n) is 4.49. The predicted octanol–water partition coefficient (Wildman–Crippen LogP) is 2.07. The summed E-state index contributed by atoms with van der Waals surface area (Å²) in [6, 6.07) is 1.95. The molecule has 0 aliphatic rings. The third-order valence-corrected chi connectivity index (χ3v) is 2.64. The van der Waals surface area contributed by atoms with Crippen molar-refractivity contribution in [3.63, 3.8) is 0 Å². The van der Waals surface area contributed by atoms with Crippen molar-refractivity contribution in [3.8, 4) is 0 Å². The lowest BCUT2D eigenvalue weighted by Crippen LogP contribution is -2.09. The lowest BCUT2D eigenvalue weighted by Gasteiger charge is -2.09. The summed E-state index contributed by atoms with van der Waals surface area (Å²) in [6.45, 7) is 7.81.